The SMILES string of the molecule is c1ccc(-c2ccc(-c3cc(-c4ccc(-c5cccc6c5sc5ccccc56)c5oc6ccccc6c45)nc(-c4ccccc4)n3)cc2)cc1. The fourth-order valence-electron chi connectivity index (χ4n) is 7.13. The second kappa shape index (κ2) is 11.7. The molecule has 234 valence electrons. The molecule has 7 aromatic carbocycles. The van der Waals surface area contributed by atoms with Crippen molar-refractivity contribution in [2.45, 2.75) is 0 Å². The van der Waals surface area contributed by atoms with Gasteiger partial charge in [-0.2, -0.15) is 0 Å². The van der Waals surface area contributed by atoms with E-state index in [2.05, 4.69) is 140 Å². The van der Waals surface area contributed by atoms with E-state index in [0.29, 0.717) is 5.82 Å². The average Bonchev–Trinajstić information content (AvgIpc) is 3.78. The normalized spacial score (nSPS) is 11.6. The van der Waals surface area contributed by atoms with Gasteiger partial charge in [0.05, 0.1) is 11.4 Å². The molecule has 10 aromatic rings. The van der Waals surface area contributed by atoms with Crippen molar-refractivity contribution < 1.29 is 4.42 Å². The van der Waals surface area contributed by atoms with Crippen LogP contribution >= 0.6 is 11.3 Å². The van der Waals surface area contributed by atoms with Crippen molar-refractivity contribution in [2.24, 2.45) is 0 Å². The first kappa shape index (κ1) is 28.6. The highest BCUT2D eigenvalue weighted by molar-refractivity contribution is 7.26. The van der Waals surface area contributed by atoms with Gasteiger partial charge in [-0.1, -0.05) is 146 Å². The lowest BCUT2D eigenvalue weighted by Gasteiger charge is -2.12. The van der Waals surface area contributed by atoms with E-state index in [1.54, 1.807) is 0 Å². The second-order valence-electron chi connectivity index (χ2n) is 12.5. The molecule has 0 saturated carbocycles. The molecule has 50 heavy (non-hydrogen) atoms. The van der Waals surface area contributed by atoms with Crippen molar-refractivity contribution in [3.05, 3.63) is 170 Å². The van der Waals surface area contributed by atoms with Crippen LogP contribution in [0.25, 0.3) is 98.3 Å². The highest BCUT2D eigenvalue weighted by Gasteiger charge is 2.21. The predicted octanol–water partition coefficient (Wildman–Crippen LogP) is 13.1. The van der Waals surface area contributed by atoms with E-state index >= 15 is 0 Å². The minimum Gasteiger partial charge on any atom is -0.455 e. The van der Waals surface area contributed by atoms with Crippen molar-refractivity contribution >= 4 is 53.4 Å². The summed E-state index contributed by atoms with van der Waals surface area (Å²) in [5, 5.41) is 4.67. The number of benzene rings is 7. The quantitative estimate of drug-likeness (QED) is 0.185. The summed E-state index contributed by atoms with van der Waals surface area (Å²) in [7, 11) is 0. The summed E-state index contributed by atoms with van der Waals surface area (Å²) in [6.45, 7) is 0. The van der Waals surface area contributed by atoms with Crippen molar-refractivity contribution in [1.82, 2.24) is 9.97 Å². The first-order chi connectivity index (χ1) is 24.8. The number of para-hydroxylation sites is 1. The highest BCUT2D eigenvalue weighted by Crippen LogP contribution is 2.46. The predicted molar refractivity (Wildman–Crippen MR) is 209 cm³/mol. The molecule has 0 N–H and O–H groups in total. The third kappa shape index (κ3) is 4.73. The maximum absolute atomic E-state index is 6.77. The monoisotopic (exact) mass is 656 g/mol. The zero-order valence-electron chi connectivity index (χ0n) is 26.9. The van der Waals surface area contributed by atoms with Crippen LogP contribution in [0.3, 0.4) is 0 Å². The molecule has 0 aliphatic rings. The lowest BCUT2D eigenvalue weighted by Crippen LogP contribution is -1.96. The molecule has 10 rings (SSSR count). The molecule has 4 heteroatoms. The molecule has 0 aliphatic carbocycles. The molecule has 0 spiro atoms. The first-order valence-electron chi connectivity index (χ1n) is 16.7. The molecule has 0 atom stereocenters. The van der Waals surface area contributed by atoms with Gasteiger partial charge in [0.25, 0.3) is 0 Å². The molecule has 0 bridgehead atoms. The third-order valence-electron chi connectivity index (χ3n) is 9.54. The highest BCUT2D eigenvalue weighted by atomic mass is 32.1. The molecule has 3 aromatic heterocycles. The number of rotatable bonds is 5. The van der Waals surface area contributed by atoms with Crippen LogP contribution in [0, 0.1) is 0 Å². The summed E-state index contributed by atoms with van der Waals surface area (Å²) in [5.74, 6) is 0.685. The summed E-state index contributed by atoms with van der Waals surface area (Å²) in [6.07, 6.45) is 0. The third-order valence-corrected chi connectivity index (χ3v) is 10.8. The van der Waals surface area contributed by atoms with Crippen LogP contribution in [-0.4, -0.2) is 9.97 Å². The molecule has 0 fully saturated rings. The average molecular weight is 657 g/mol. The van der Waals surface area contributed by atoms with Gasteiger partial charge in [0.15, 0.2) is 5.82 Å². The van der Waals surface area contributed by atoms with Crippen molar-refractivity contribution in [2.75, 3.05) is 0 Å². The summed E-state index contributed by atoms with van der Waals surface area (Å²) in [4.78, 5) is 10.4. The van der Waals surface area contributed by atoms with Crippen LogP contribution in [0.1, 0.15) is 0 Å². The summed E-state index contributed by atoms with van der Waals surface area (Å²) in [5.41, 5.74) is 11.1. The maximum Gasteiger partial charge on any atom is 0.160 e. The first-order valence-corrected chi connectivity index (χ1v) is 17.6. The summed E-state index contributed by atoms with van der Waals surface area (Å²) in [6, 6.07) is 59.4. The fourth-order valence-corrected chi connectivity index (χ4v) is 8.36. The number of hydrogen-bond acceptors (Lipinski definition) is 4. The minimum atomic E-state index is 0.685. The lowest BCUT2D eigenvalue weighted by atomic mass is 9.95. The Balaban J connectivity index is 1.20. The fraction of sp³-hybridized carbons (Fsp3) is 0. The number of thiophene rings is 1. The largest absolute Gasteiger partial charge is 0.455 e. The molecular weight excluding hydrogens is 629 g/mol. The number of nitrogens with zero attached hydrogens (tertiary/aromatic N) is 2. The maximum atomic E-state index is 6.77. The van der Waals surface area contributed by atoms with E-state index < -0.39 is 0 Å². The zero-order valence-corrected chi connectivity index (χ0v) is 27.7. The van der Waals surface area contributed by atoms with Crippen molar-refractivity contribution in [3.8, 4) is 56.2 Å². The van der Waals surface area contributed by atoms with E-state index in [1.165, 1.54) is 36.9 Å². The van der Waals surface area contributed by atoms with Gasteiger partial charge < -0.3 is 4.42 Å². The topological polar surface area (TPSA) is 38.9 Å². The Hall–Kier alpha value is -6.36. The van der Waals surface area contributed by atoms with Gasteiger partial charge in [-0.15, -0.1) is 11.3 Å². The molecule has 0 unspecified atom stereocenters. The van der Waals surface area contributed by atoms with Crippen LogP contribution in [-0.2, 0) is 0 Å². The zero-order chi connectivity index (χ0) is 33.0. The van der Waals surface area contributed by atoms with Gasteiger partial charge in [0, 0.05) is 58.8 Å². The van der Waals surface area contributed by atoms with Crippen LogP contribution in [0.15, 0.2) is 174 Å². The van der Waals surface area contributed by atoms with Crippen LogP contribution < -0.4 is 0 Å². The molecule has 3 nitrogen and oxygen atoms in total. The molecule has 3 heterocycles. The molecule has 0 radical (unpaired) electrons. The Labute approximate surface area is 292 Å². The Morgan fingerprint density at radius 3 is 1.86 bits per heavy atom. The standard InChI is InChI=1S/C46H28N2OS/c1-3-12-29(13-4-1)30-22-24-31(25-23-30)39-28-40(48-46(47-39)32-14-5-2-6-15-32)37-27-26-34(44-43(37)38-17-7-9-20-41(38)49-44)36-19-11-18-35-33-16-8-10-21-42(33)50-45(35)36/h1-28H. The molecular formula is C46H28N2OS. The summed E-state index contributed by atoms with van der Waals surface area (Å²) < 4.78 is 9.31. The van der Waals surface area contributed by atoms with Crippen LogP contribution in [0.2, 0.25) is 0 Å². The number of hydrogen-bond donors (Lipinski definition) is 0. The van der Waals surface area contributed by atoms with Crippen molar-refractivity contribution in [3.63, 3.8) is 0 Å². The Morgan fingerprint density at radius 2 is 1.04 bits per heavy atom. The van der Waals surface area contributed by atoms with Crippen LogP contribution in [0.5, 0.6) is 0 Å². The molecule has 0 amide bonds. The smallest absolute Gasteiger partial charge is 0.160 e. The Kier molecular flexibility index (Phi) is 6.68. The second-order valence-corrected chi connectivity index (χ2v) is 13.6. The van der Waals surface area contributed by atoms with Gasteiger partial charge in [0.2, 0.25) is 0 Å². The van der Waals surface area contributed by atoms with Gasteiger partial charge in [-0.3, -0.25) is 0 Å². The van der Waals surface area contributed by atoms with Gasteiger partial charge in [-0.05, 0) is 35.4 Å². The van der Waals surface area contributed by atoms with Gasteiger partial charge in [0.1, 0.15) is 11.2 Å². The van der Waals surface area contributed by atoms with E-state index in [4.69, 9.17) is 14.4 Å². The summed E-state index contributed by atoms with van der Waals surface area (Å²) >= 11 is 1.84. The van der Waals surface area contributed by atoms with Gasteiger partial charge >= 0.3 is 0 Å². The van der Waals surface area contributed by atoms with E-state index in [0.717, 1.165) is 55.6 Å². The molecule has 0 saturated heterocycles. The van der Waals surface area contributed by atoms with Crippen LogP contribution in [0.4, 0.5) is 0 Å². The Morgan fingerprint density at radius 1 is 0.420 bits per heavy atom. The molecule has 0 aliphatic heterocycles. The van der Waals surface area contributed by atoms with E-state index in [9.17, 15) is 0 Å². The van der Waals surface area contributed by atoms with E-state index in [-0.39, 0.29) is 0 Å². The number of aromatic nitrogens is 2. The van der Waals surface area contributed by atoms with Gasteiger partial charge in [-0.25, -0.2) is 9.97 Å². The number of furan rings is 1. The Bertz CT molecular complexity index is 2850. The minimum absolute atomic E-state index is 0.685. The number of fused-ring (bicyclic) bond motifs is 6. The van der Waals surface area contributed by atoms with E-state index in [1.807, 2.05) is 41.7 Å². The van der Waals surface area contributed by atoms with Crippen molar-refractivity contribution in [1.29, 1.82) is 0 Å². The lowest BCUT2D eigenvalue weighted by molar-refractivity contribution is 0.670.